The summed E-state index contributed by atoms with van der Waals surface area (Å²) < 4.78 is 12.0. The summed E-state index contributed by atoms with van der Waals surface area (Å²) in [4.78, 5) is 0. The molecular weight excluding hydrogens is 358 g/mol. The zero-order valence-corrected chi connectivity index (χ0v) is 15.6. The Morgan fingerprint density at radius 1 is 1.00 bits per heavy atom. The number of aromatic hydroxyl groups is 1. The van der Waals surface area contributed by atoms with Crippen molar-refractivity contribution in [3.63, 3.8) is 0 Å². The molecule has 0 fully saturated rings. The van der Waals surface area contributed by atoms with Crippen LogP contribution < -0.4 is 0 Å². The van der Waals surface area contributed by atoms with Crippen LogP contribution >= 0.6 is 0 Å². The fourth-order valence-electron chi connectivity index (χ4n) is 2.64. The van der Waals surface area contributed by atoms with Crippen molar-refractivity contribution in [3.05, 3.63) is 59.8 Å². The highest BCUT2D eigenvalue weighted by Gasteiger charge is 2.13. The molecule has 8 nitrogen and oxygen atoms in total. The number of phenols is 1. The summed E-state index contributed by atoms with van der Waals surface area (Å²) in [7, 11) is 0. The lowest BCUT2D eigenvalue weighted by Gasteiger charge is -2.08. The molecule has 0 saturated heterocycles. The standard InChI is InChI=1S/C20H21N5O3/c1-3-27-19(21)13-6-5-7-15(10-13)25-12-17(23-24-25)16-11-14(8-9-18(16)26)20(22)28-4-2/h5-12,21-22,26H,3-4H2,1-2H3. The van der Waals surface area contributed by atoms with Crippen LogP contribution in [0, 0.1) is 10.8 Å². The van der Waals surface area contributed by atoms with Gasteiger partial charge in [-0.25, -0.2) is 4.68 Å². The fraction of sp³-hybridized carbons (Fsp3) is 0.200. The Balaban J connectivity index is 1.93. The van der Waals surface area contributed by atoms with Gasteiger partial charge in [0.25, 0.3) is 0 Å². The third kappa shape index (κ3) is 4.01. The van der Waals surface area contributed by atoms with Crippen LogP contribution in [0.2, 0.25) is 0 Å². The molecule has 0 radical (unpaired) electrons. The maximum atomic E-state index is 10.2. The highest BCUT2D eigenvalue weighted by Crippen LogP contribution is 2.29. The monoisotopic (exact) mass is 379 g/mol. The van der Waals surface area contributed by atoms with Crippen molar-refractivity contribution >= 4 is 11.8 Å². The first-order valence-electron chi connectivity index (χ1n) is 8.83. The minimum atomic E-state index is 0.0262. The minimum absolute atomic E-state index is 0.0262. The van der Waals surface area contributed by atoms with Gasteiger partial charge >= 0.3 is 0 Å². The van der Waals surface area contributed by atoms with E-state index in [0.717, 1.165) is 0 Å². The highest BCUT2D eigenvalue weighted by molar-refractivity contribution is 5.93. The molecule has 3 N–H and O–H groups in total. The van der Waals surface area contributed by atoms with Crippen molar-refractivity contribution in [1.82, 2.24) is 15.0 Å². The summed E-state index contributed by atoms with van der Waals surface area (Å²) in [5.41, 5.74) is 2.78. The van der Waals surface area contributed by atoms with Crippen LogP contribution in [0.1, 0.15) is 25.0 Å². The largest absolute Gasteiger partial charge is 0.507 e. The first kappa shape index (κ1) is 19.1. The van der Waals surface area contributed by atoms with Crippen LogP contribution in [0.4, 0.5) is 0 Å². The van der Waals surface area contributed by atoms with Crippen LogP contribution in [0.25, 0.3) is 16.9 Å². The maximum Gasteiger partial charge on any atom is 0.213 e. The van der Waals surface area contributed by atoms with Crippen molar-refractivity contribution in [2.75, 3.05) is 13.2 Å². The third-order valence-electron chi connectivity index (χ3n) is 3.98. The molecule has 144 valence electrons. The van der Waals surface area contributed by atoms with E-state index in [0.29, 0.717) is 41.3 Å². The molecule has 28 heavy (non-hydrogen) atoms. The van der Waals surface area contributed by atoms with Crippen LogP contribution in [0.3, 0.4) is 0 Å². The van der Waals surface area contributed by atoms with E-state index in [-0.39, 0.29) is 17.5 Å². The molecule has 2 aromatic carbocycles. The smallest absolute Gasteiger partial charge is 0.213 e. The Labute approximate surface area is 162 Å². The van der Waals surface area contributed by atoms with Crippen LogP contribution in [-0.2, 0) is 9.47 Å². The molecule has 1 aromatic heterocycles. The van der Waals surface area contributed by atoms with Gasteiger partial charge < -0.3 is 14.6 Å². The van der Waals surface area contributed by atoms with Gasteiger partial charge in [0.1, 0.15) is 11.4 Å². The number of phenolic OH excluding ortho intramolecular Hbond substituents is 1. The molecular formula is C20H21N5O3. The molecule has 0 aliphatic heterocycles. The molecule has 1 heterocycles. The highest BCUT2D eigenvalue weighted by atomic mass is 16.5. The van der Waals surface area contributed by atoms with Gasteiger partial charge in [-0.2, -0.15) is 0 Å². The number of hydrogen-bond acceptors (Lipinski definition) is 7. The molecule has 0 unspecified atom stereocenters. The average Bonchev–Trinajstić information content (AvgIpc) is 3.19. The van der Waals surface area contributed by atoms with E-state index in [1.165, 1.54) is 6.07 Å². The second kappa shape index (κ2) is 8.34. The summed E-state index contributed by atoms with van der Waals surface area (Å²) in [5.74, 6) is 0.148. The van der Waals surface area contributed by atoms with Crippen molar-refractivity contribution in [1.29, 1.82) is 10.8 Å². The van der Waals surface area contributed by atoms with Gasteiger partial charge in [-0.05, 0) is 50.2 Å². The van der Waals surface area contributed by atoms with E-state index >= 15 is 0 Å². The van der Waals surface area contributed by atoms with Crippen molar-refractivity contribution in [3.8, 4) is 22.7 Å². The van der Waals surface area contributed by atoms with Crippen LogP contribution in [0.15, 0.2) is 48.7 Å². The second-order valence-corrected chi connectivity index (χ2v) is 5.85. The quantitative estimate of drug-likeness (QED) is 0.448. The molecule has 0 atom stereocenters. The van der Waals surface area contributed by atoms with Gasteiger partial charge in [-0.3, -0.25) is 10.8 Å². The molecule has 0 saturated carbocycles. The van der Waals surface area contributed by atoms with E-state index in [1.807, 2.05) is 13.0 Å². The van der Waals surface area contributed by atoms with Crippen molar-refractivity contribution < 1.29 is 14.6 Å². The van der Waals surface area contributed by atoms with Gasteiger partial charge in [0.15, 0.2) is 0 Å². The SMILES string of the molecule is CCOC(=N)c1cccc(-n2cc(-c3cc(C(=N)OCC)ccc3O)nn2)c1. The van der Waals surface area contributed by atoms with Gasteiger partial charge in [-0.15, -0.1) is 5.10 Å². The third-order valence-corrected chi connectivity index (χ3v) is 3.98. The number of rotatable bonds is 6. The number of ether oxygens (including phenoxy) is 2. The molecule has 0 bridgehead atoms. The molecule has 0 aliphatic carbocycles. The Morgan fingerprint density at radius 2 is 1.68 bits per heavy atom. The van der Waals surface area contributed by atoms with E-state index in [9.17, 15) is 5.11 Å². The predicted molar refractivity (Wildman–Crippen MR) is 105 cm³/mol. The number of hydrogen-bond donors (Lipinski definition) is 3. The molecule has 8 heteroatoms. The molecule has 0 aliphatic rings. The molecule has 3 rings (SSSR count). The molecule has 0 spiro atoms. The zero-order valence-electron chi connectivity index (χ0n) is 15.6. The summed E-state index contributed by atoms with van der Waals surface area (Å²) >= 11 is 0. The lowest BCUT2D eigenvalue weighted by Crippen LogP contribution is -2.06. The van der Waals surface area contributed by atoms with E-state index in [2.05, 4.69) is 10.3 Å². The fourth-order valence-corrected chi connectivity index (χ4v) is 2.64. The predicted octanol–water partition coefficient (Wildman–Crippen LogP) is 3.36. The van der Waals surface area contributed by atoms with E-state index < -0.39 is 0 Å². The first-order chi connectivity index (χ1) is 13.5. The molecule has 3 aromatic rings. The second-order valence-electron chi connectivity index (χ2n) is 5.85. The van der Waals surface area contributed by atoms with Gasteiger partial charge in [0.2, 0.25) is 11.8 Å². The van der Waals surface area contributed by atoms with Crippen molar-refractivity contribution in [2.24, 2.45) is 0 Å². The van der Waals surface area contributed by atoms with Gasteiger partial charge in [0.05, 0.1) is 25.1 Å². The summed E-state index contributed by atoms with van der Waals surface area (Å²) in [6, 6.07) is 12.0. The summed E-state index contributed by atoms with van der Waals surface area (Å²) in [6.45, 7) is 4.44. The topological polar surface area (TPSA) is 117 Å². The Hall–Kier alpha value is -3.68. The number of nitrogens with one attached hydrogen (secondary N) is 2. The van der Waals surface area contributed by atoms with E-state index in [1.54, 1.807) is 48.1 Å². The van der Waals surface area contributed by atoms with Crippen molar-refractivity contribution in [2.45, 2.75) is 13.8 Å². The zero-order chi connectivity index (χ0) is 20.1. The average molecular weight is 379 g/mol. The summed E-state index contributed by atoms with van der Waals surface area (Å²) in [5, 5.41) is 34.3. The normalized spacial score (nSPS) is 10.5. The minimum Gasteiger partial charge on any atom is -0.507 e. The maximum absolute atomic E-state index is 10.2. The number of aromatic nitrogens is 3. The Morgan fingerprint density at radius 3 is 2.36 bits per heavy atom. The Bertz CT molecular complexity index is 1010. The molecule has 0 amide bonds. The summed E-state index contributed by atoms with van der Waals surface area (Å²) in [6.07, 6.45) is 1.67. The van der Waals surface area contributed by atoms with Gasteiger partial charge in [0, 0.05) is 16.7 Å². The number of nitrogens with zero attached hydrogens (tertiary/aromatic N) is 3. The van der Waals surface area contributed by atoms with E-state index in [4.69, 9.17) is 20.3 Å². The Kier molecular flexibility index (Phi) is 5.69. The van der Waals surface area contributed by atoms with Crippen LogP contribution in [-0.4, -0.2) is 45.1 Å². The lowest BCUT2D eigenvalue weighted by molar-refractivity contribution is 0.325. The first-order valence-corrected chi connectivity index (χ1v) is 8.83. The van der Waals surface area contributed by atoms with Crippen LogP contribution in [0.5, 0.6) is 5.75 Å². The number of benzene rings is 2. The lowest BCUT2D eigenvalue weighted by atomic mass is 10.1. The van der Waals surface area contributed by atoms with Gasteiger partial charge in [-0.1, -0.05) is 11.3 Å².